The van der Waals surface area contributed by atoms with Crippen molar-refractivity contribution in [1.82, 2.24) is 10.2 Å². The summed E-state index contributed by atoms with van der Waals surface area (Å²) in [4.78, 5) is 14.9. The first kappa shape index (κ1) is 14.6. The minimum atomic E-state index is 0. The van der Waals surface area contributed by atoms with E-state index in [9.17, 15) is 4.79 Å². The Labute approximate surface area is 128 Å². The molecule has 0 bridgehead atoms. The highest BCUT2D eigenvalue weighted by atomic mass is 35.5. The first-order chi connectivity index (χ1) is 9.28. The quantitative estimate of drug-likeness (QED) is 0.806. The Morgan fingerprint density at radius 2 is 1.65 bits per heavy atom. The maximum atomic E-state index is 12.7. The predicted molar refractivity (Wildman–Crippen MR) is 81.9 cm³/mol. The minimum absolute atomic E-state index is 0. The number of hydrogen-bond donors (Lipinski definition) is 1. The van der Waals surface area contributed by atoms with E-state index in [4.69, 9.17) is 0 Å². The van der Waals surface area contributed by atoms with Crippen LogP contribution in [0.1, 0.15) is 44.9 Å². The third kappa shape index (κ3) is 2.37. The number of hydrogen-bond acceptors (Lipinski definition) is 2. The third-order valence-corrected chi connectivity index (χ3v) is 6.42. The second-order valence-corrected chi connectivity index (χ2v) is 7.41. The number of carbonyl (C=O) groups excluding carboxylic acids is 1. The molecule has 0 aromatic carbocycles. The largest absolute Gasteiger partial charge is 0.342 e. The van der Waals surface area contributed by atoms with Crippen molar-refractivity contribution < 1.29 is 4.79 Å². The van der Waals surface area contributed by atoms with Crippen LogP contribution in [-0.4, -0.2) is 37.0 Å². The molecule has 3 nitrogen and oxygen atoms in total. The van der Waals surface area contributed by atoms with Crippen molar-refractivity contribution in [1.29, 1.82) is 0 Å². The zero-order valence-corrected chi connectivity index (χ0v) is 13.1. The lowest BCUT2D eigenvalue weighted by atomic mass is 9.92. The van der Waals surface area contributed by atoms with Crippen LogP contribution < -0.4 is 5.32 Å². The zero-order chi connectivity index (χ0) is 12.9. The van der Waals surface area contributed by atoms with Crippen LogP contribution in [0.4, 0.5) is 0 Å². The second kappa shape index (κ2) is 5.49. The fourth-order valence-electron chi connectivity index (χ4n) is 4.99. The summed E-state index contributed by atoms with van der Waals surface area (Å²) in [6.07, 6.45) is 9.03. The normalized spacial score (nSPS) is 38.2. The molecule has 4 heteroatoms. The fraction of sp³-hybridized carbons (Fsp3) is 0.938. The van der Waals surface area contributed by atoms with Crippen molar-refractivity contribution in [3.8, 4) is 0 Å². The van der Waals surface area contributed by atoms with Crippen molar-refractivity contribution in [2.75, 3.05) is 26.2 Å². The van der Waals surface area contributed by atoms with E-state index in [1.807, 2.05) is 0 Å². The van der Waals surface area contributed by atoms with Crippen molar-refractivity contribution in [2.45, 2.75) is 44.9 Å². The standard InChI is InChI=1S/C16H26N2O.ClH/c19-15(14-9-16(14)5-1-2-6-16)18-7-3-12-10-17-11-13(12)4-8-18;/h12-14,17H,1-11H2;1H/t12-,13+,14?;. The number of nitrogens with zero attached hydrogens (tertiary/aromatic N) is 1. The number of fused-ring (bicyclic) bond motifs is 1. The van der Waals surface area contributed by atoms with E-state index < -0.39 is 0 Å². The Kier molecular flexibility index (Phi) is 4.02. The lowest BCUT2D eigenvalue weighted by molar-refractivity contribution is -0.133. The fourth-order valence-corrected chi connectivity index (χ4v) is 4.99. The highest BCUT2D eigenvalue weighted by Gasteiger charge is 2.59. The van der Waals surface area contributed by atoms with E-state index in [0.29, 0.717) is 17.2 Å². The molecule has 1 unspecified atom stereocenters. The van der Waals surface area contributed by atoms with Crippen LogP contribution in [0.3, 0.4) is 0 Å². The van der Waals surface area contributed by atoms with Crippen LogP contribution >= 0.6 is 12.4 Å². The Balaban J connectivity index is 0.00000121. The molecule has 0 radical (unpaired) electrons. The second-order valence-electron chi connectivity index (χ2n) is 7.41. The van der Waals surface area contributed by atoms with Gasteiger partial charge in [-0.3, -0.25) is 4.79 Å². The van der Waals surface area contributed by atoms with E-state index in [1.54, 1.807) is 0 Å². The maximum Gasteiger partial charge on any atom is 0.226 e. The summed E-state index contributed by atoms with van der Waals surface area (Å²) >= 11 is 0. The Morgan fingerprint density at radius 1 is 1.05 bits per heavy atom. The van der Waals surface area contributed by atoms with Gasteiger partial charge in [-0.15, -0.1) is 12.4 Å². The molecule has 0 aromatic heterocycles. The highest BCUT2D eigenvalue weighted by Crippen LogP contribution is 2.63. The van der Waals surface area contributed by atoms with Gasteiger partial charge in [0.15, 0.2) is 0 Å². The number of likely N-dealkylation sites (tertiary alicyclic amines) is 1. The van der Waals surface area contributed by atoms with Crippen molar-refractivity contribution in [2.24, 2.45) is 23.2 Å². The van der Waals surface area contributed by atoms with Crippen LogP contribution in [0.25, 0.3) is 0 Å². The molecular formula is C16H27ClN2O. The lowest BCUT2D eigenvalue weighted by Gasteiger charge is -2.22. The first-order valence-corrected chi connectivity index (χ1v) is 8.28. The van der Waals surface area contributed by atoms with Crippen LogP contribution in [0.5, 0.6) is 0 Å². The molecular weight excluding hydrogens is 272 g/mol. The van der Waals surface area contributed by atoms with Gasteiger partial charge in [0.2, 0.25) is 5.91 Å². The maximum absolute atomic E-state index is 12.7. The van der Waals surface area contributed by atoms with E-state index >= 15 is 0 Å². The number of halogens is 1. The monoisotopic (exact) mass is 298 g/mol. The topological polar surface area (TPSA) is 32.3 Å². The predicted octanol–water partition coefficient (Wildman–Crippen LogP) is 2.45. The van der Waals surface area contributed by atoms with Gasteiger partial charge in [-0.2, -0.15) is 0 Å². The molecule has 3 atom stereocenters. The third-order valence-electron chi connectivity index (χ3n) is 6.42. The molecule has 4 rings (SSSR count). The molecule has 0 aromatic rings. The van der Waals surface area contributed by atoms with Crippen LogP contribution in [0, 0.1) is 23.2 Å². The Bertz CT molecular complexity index is 367. The van der Waals surface area contributed by atoms with E-state index in [-0.39, 0.29) is 12.4 Å². The van der Waals surface area contributed by atoms with Crippen molar-refractivity contribution in [3.05, 3.63) is 0 Å². The molecule has 1 N–H and O–H groups in total. The summed E-state index contributed by atoms with van der Waals surface area (Å²) in [6.45, 7) is 4.41. The molecule has 114 valence electrons. The average Bonchev–Trinajstić information content (AvgIpc) is 2.74. The van der Waals surface area contributed by atoms with Gasteiger partial charge >= 0.3 is 0 Å². The Morgan fingerprint density at radius 3 is 2.25 bits per heavy atom. The van der Waals surface area contributed by atoms with Crippen LogP contribution in [0.2, 0.25) is 0 Å². The molecule has 4 aliphatic rings. The summed E-state index contributed by atoms with van der Waals surface area (Å²) in [5.41, 5.74) is 0.473. The number of amides is 1. The number of rotatable bonds is 1. The molecule has 2 saturated carbocycles. The number of carbonyl (C=O) groups is 1. The highest BCUT2D eigenvalue weighted by molar-refractivity contribution is 5.85. The van der Waals surface area contributed by atoms with Gasteiger partial charge in [-0.25, -0.2) is 0 Å². The van der Waals surface area contributed by atoms with E-state index in [2.05, 4.69) is 10.2 Å². The number of nitrogens with one attached hydrogen (secondary N) is 1. The van der Waals surface area contributed by atoms with E-state index in [1.165, 1.54) is 58.0 Å². The van der Waals surface area contributed by atoms with Crippen LogP contribution in [0.15, 0.2) is 0 Å². The molecule has 2 saturated heterocycles. The first-order valence-electron chi connectivity index (χ1n) is 8.28. The van der Waals surface area contributed by atoms with Gasteiger partial charge in [0.25, 0.3) is 0 Å². The van der Waals surface area contributed by atoms with Gasteiger partial charge in [0, 0.05) is 19.0 Å². The van der Waals surface area contributed by atoms with Gasteiger partial charge in [-0.05, 0) is 62.4 Å². The SMILES string of the molecule is Cl.O=C(C1CC12CCCC2)N1CC[C@@H]2CNC[C@@H]2CC1. The van der Waals surface area contributed by atoms with Crippen molar-refractivity contribution >= 4 is 18.3 Å². The Hall–Kier alpha value is -0.280. The molecule has 1 spiro atoms. The summed E-state index contributed by atoms with van der Waals surface area (Å²) in [5.74, 6) is 2.58. The molecule has 4 fully saturated rings. The summed E-state index contributed by atoms with van der Waals surface area (Å²) in [7, 11) is 0. The molecule has 1 amide bonds. The van der Waals surface area contributed by atoms with Crippen LogP contribution in [-0.2, 0) is 4.79 Å². The molecule has 2 aliphatic carbocycles. The average molecular weight is 299 g/mol. The summed E-state index contributed by atoms with van der Waals surface area (Å²) in [6, 6.07) is 0. The van der Waals surface area contributed by atoms with Gasteiger partial charge in [0.05, 0.1) is 0 Å². The van der Waals surface area contributed by atoms with Gasteiger partial charge in [-0.1, -0.05) is 12.8 Å². The van der Waals surface area contributed by atoms with Gasteiger partial charge < -0.3 is 10.2 Å². The minimum Gasteiger partial charge on any atom is -0.342 e. The summed E-state index contributed by atoms with van der Waals surface area (Å²) in [5, 5.41) is 3.51. The molecule has 20 heavy (non-hydrogen) atoms. The van der Waals surface area contributed by atoms with Crippen molar-refractivity contribution in [3.63, 3.8) is 0 Å². The molecule has 2 heterocycles. The van der Waals surface area contributed by atoms with Gasteiger partial charge in [0.1, 0.15) is 0 Å². The van der Waals surface area contributed by atoms with E-state index in [0.717, 1.165) is 24.9 Å². The summed E-state index contributed by atoms with van der Waals surface area (Å²) < 4.78 is 0. The lowest BCUT2D eigenvalue weighted by Crippen LogP contribution is -2.35. The molecule has 2 aliphatic heterocycles. The smallest absolute Gasteiger partial charge is 0.226 e. The zero-order valence-electron chi connectivity index (χ0n) is 12.3.